The van der Waals surface area contributed by atoms with Crippen LogP contribution in [-0.2, 0) is 6.54 Å². The Kier molecular flexibility index (Phi) is 3.85. The highest BCUT2D eigenvalue weighted by molar-refractivity contribution is 5.99. The molecule has 0 radical (unpaired) electrons. The summed E-state index contributed by atoms with van der Waals surface area (Å²) in [5, 5.41) is 3.26. The quantitative estimate of drug-likeness (QED) is 0.882. The van der Waals surface area contributed by atoms with E-state index >= 15 is 0 Å². The SMILES string of the molecule is Cc1[nH]cnc1CNc1ccccc1C(=O)N(C)C. The number of aromatic amines is 1. The lowest BCUT2D eigenvalue weighted by Crippen LogP contribution is -2.22. The molecule has 0 atom stereocenters. The van der Waals surface area contributed by atoms with Gasteiger partial charge in [-0.25, -0.2) is 4.98 Å². The number of hydrogen-bond donors (Lipinski definition) is 2. The molecule has 0 aliphatic rings. The van der Waals surface area contributed by atoms with Crippen molar-refractivity contribution >= 4 is 11.6 Å². The Morgan fingerprint density at radius 2 is 2.11 bits per heavy atom. The molecular weight excluding hydrogens is 240 g/mol. The standard InChI is InChI=1S/C14H18N4O/c1-10-13(17-9-16-10)8-15-12-7-5-4-6-11(12)14(19)18(2)3/h4-7,9,15H,8H2,1-3H3,(H,16,17). The second-order valence-corrected chi connectivity index (χ2v) is 4.57. The van der Waals surface area contributed by atoms with Crippen molar-refractivity contribution in [2.75, 3.05) is 19.4 Å². The molecule has 0 unspecified atom stereocenters. The zero-order valence-corrected chi connectivity index (χ0v) is 11.4. The van der Waals surface area contributed by atoms with Gasteiger partial charge in [0.2, 0.25) is 0 Å². The second-order valence-electron chi connectivity index (χ2n) is 4.57. The first kappa shape index (κ1) is 13.1. The van der Waals surface area contributed by atoms with Crippen molar-refractivity contribution in [3.8, 4) is 0 Å². The third kappa shape index (κ3) is 2.93. The molecule has 19 heavy (non-hydrogen) atoms. The lowest BCUT2D eigenvalue weighted by molar-refractivity contribution is 0.0828. The number of nitrogens with zero attached hydrogens (tertiary/aromatic N) is 2. The van der Waals surface area contributed by atoms with E-state index in [4.69, 9.17) is 0 Å². The predicted molar refractivity (Wildman–Crippen MR) is 75.1 cm³/mol. The van der Waals surface area contributed by atoms with Gasteiger partial charge < -0.3 is 15.2 Å². The van der Waals surface area contributed by atoms with Crippen molar-refractivity contribution < 1.29 is 4.79 Å². The van der Waals surface area contributed by atoms with Gasteiger partial charge in [0.05, 0.1) is 24.1 Å². The number of aryl methyl sites for hydroxylation is 1. The molecule has 100 valence electrons. The van der Waals surface area contributed by atoms with Crippen molar-refractivity contribution in [1.82, 2.24) is 14.9 Å². The minimum Gasteiger partial charge on any atom is -0.379 e. The van der Waals surface area contributed by atoms with E-state index in [1.54, 1.807) is 25.3 Å². The minimum absolute atomic E-state index is 0.0122. The predicted octanol–water partition coefficient (Wildman–Crippen LogP) is 2.03. The molecule has 1 aromatic carbocycles. The van der Waals surface area contributed by atoms with Gasteiger partial charge in [-0.05, 0) is 19.1 Å². The van der Waals surface area contributed by atoms with Crippen molar-refractivity contribution in [3.63, 3.8) is 0 Å². The topological polar surface area (TPSA) is 61.0 Å². The van der Waals surface area contributed by atoms with E-state index in [9.17, 15) is 4.79 Å². The number of rotatable bonds is 4. The first-order valence-corrected chi connectivity index (χ1v) is 6.13. The summed E-state index contributed by atoms with van der Waals surface area (Å²) in [5.41, 5.74) is 3.47. The fourth-order valence-corrected chi connectivity index (χ4v) is 1.81. The summed E-state index contributed by atoms with van der Waals surface area (Å²) in [6, 6.07) is 7.49. The Hall–Kier alpha value is -2.30. The zero-order chi connectivity index (χ0) is 13.8. The summed E-state index contributed by atoms with van der Waals surface area (Å²) in [4.78, 5) is 20.9. The molecule has 0 fully saturated rings. The molecule has 0 bridgehead atoms. The Labute approximate surface area is 112 Å². The van der Waals surface area contributed by atoms with Gasteiger partial charge >= 0.3 is 0 Å². The van der Waals surface area contributed by atoms with Crippen molar-refractivity contribution in [3.05, 3.63) is 47.5 Å². The Balaban J connectivity index is 2.17. The second kappa shape index (κ2) is 5.56. The molecular formula is C14H18N4O. The maximum Gasteiger partial charge on any atom is 0.255 e. The number of para-hydroxylation sites is 1. The van der Waals surface area contributed by atoms with Crippen molar-refractivity contribution in [1.29, 1.82) is 0 Å². The van der Waals surface area contributed by atoms with Crippen LogP contribution < -0.4 is 5.32 Å². The number of hydrogen-bond acceptors (Lipinski definition) is 3. The molecule has 5 heteroatoms. The van der Waals surface area contributed by atoms with Gasteiger partial charge in [-0.2, -0.15) is 0 Å². The van der Waals surface area contributed by atoms with Crippen LogP contribution >= 0.6 is 0 Å². The van der Waals surface area contributed by atoms with Gasteiger partial charge in [0.25, 0.3) is 5.91 Å². The molecule has 2 N–H and O–H groups in total. The summed E-state index contributed by atoms with van der Waals surface area (Å²) in [7, 11) is 3.49. The van der Waals surface area contributed by atoms with Crippen LogP contribution in [0.2, 0.25) is 0 Å². The number of anilines is 1. The summed E-state index contributed by atoms with van der Waals surface area (Å²) in [5.74, 6) is -0.0122. The minimum atomic E-state index is -0.0122. The first-order chi connectivity index (χ1) is 9.09. The first-order valence-electron chi connectivity index (χ1n) is 6.13. The number of amides is 1. The molecule has 2 aromatic rings. The van der Waals surface area contributed by atoms with Gasteiger partial charge in [-0.1, -0.05) is 12.1 Å². The van der Waals surface area contributed by atoms with Crippen LogP contribution in [0.5, 0.6) is 0 Å². The number of aromatic nitrogens is 2. The third-order valence-electron chi connectivity index (χ3n) is 2.94. The summed E-state index contributed by atoms with van der Waals surface area (Å²) in [6.07, 6.45) is 1.67. The van der Waals surface area contributed by atoms with E-state index in [1.807, 2.05) is 31.2 Å². The molecule has 5 nitrogen and oxygen atoms in total. The average Bonchev–Trinajstić information content (AvgIpc) is 2.81. The normalized spacial score (nSPS) is 10.3. The molecule has 0 saturated heterocycles. The van der Waals surface area contributed by atoms with E-state index in [0.717, 1.165) is 17.1 Å². The number of benzene rings is 1. The van der Waals surface area contributed by atoms with Crippen LogP contribution in [-0.4, -0.2) is 34.9 Å². The molecule has 0 aliphatic carbocycles. The number of carbonyl (C=O) groups is 1. The Morgan fingerprint density at radius 1 is 1.37 bits per heavy atom. The average molecular weight is 258 g/mol. The fraction of sp³-hybridized carbons (Fsp3) is 0.286. The third-order valence-corrected chi connectivity index (χ3v) is 2.94. The summed E-state index contributed by atoms with van der Waals surface area (Å²) in [6.45, 7) is 2.56. The summed E-state index contributed by atoms with van der Waals surface area (Å²) >= 11 is 0. The number of H-pyrrole nitrogens is 1. The molecule has 0 aliphatic heterocycles. The highest BCUT2D eigenvalue weighted by atomic mass is 16.2. The molecule has 1 amide bonds. The van der Waals surface area contributed by atoms with Gasteiger partial charge in [0.1, 0.15) is 0 Å². The van der Waals surface area contributed by atoms with Crippen molar-refractivity contribution in [2.24, 2.45) is 0 Å². The van der Waals surface area contributed by atoms with E-state index in [-0.39, 0.29) is 5.91 Å². The van der Waals surface area contributed by atoms with E-state index < -0.39 is 0 Å². The lowest BCUT2D eigenvalue weighted by atomic mass is 10.1. The van der Waals surface area contributed by atoms with Gasteiger partial charge in [-0.15, -0.1) is 0 Å². The molecule has 0 spiro atoms. The maximum absolute atomic E-state index is 12.1. The van der Waals surface area contributed by atoms with Crippen LogP contribution in [0.3, 0.4) is 0 Å². The van der Waals surface area contributed by atoms with Gasteiger partial charge in [0, 0.05) is 25.5 Å². The van der Waals surface area contributed by atoms with Crippen LogP contribution in [0, 0.1) is 6.92 Å². The smallest absolute Gasteiger partial charge is 0.255 e. The Bertz CT molecular complexity index is 574. The highest BCUT2D eigenvalue weighted by Crippen LogP contribution is 2.17. The highest BCUT2D eigenvalue weighted by Gasteiger charge is 2.12. The molecule has 0 saturated carbocycles. The van der Waals surface area contributed by atoms with E-state index in [2.05, 4.69) is 15.3 Å². The fourth-order valence-electron chi connectivity index (χ4n) is 1.81. The molecule has 1 aromatic heterocycles. The largest absolute Gasteiger partial charge is 0.379 e. The lowest BCUT2D eigenvalue weighted by Gasteiger charge is -2.15. The van der Waals surface area contributed by atoms with Gasteiger partial charge in [0.15, 0.2) is 0 Å². The van der Waals surface area contributed by atoms with Crippen molar-refractivity contribution in [2.45, 2.75) is 13.5 Å². The van der Waals surface area contributed by atoms with E-state index in [0.29, 0.717) is 12.1 Å². The maximum atomic E-state index is 12.1. The van der Waals surface area contributed by atoms with Gasteiger partial charge in [-0.3, -0.25) is 4.79 Å². The number of nitrogens with one attached hydrogen (secondary N) is 2. The molecule has 2 rings (SSSR count). The van der Waals surface area contributed by atoms with Crippen LogP contribution in [0.1, 0.15) is 21.7 Å². The Morgan fingerprint density at radius 3 is 2.74 bits per heavy atom. The number of imidazole rings is 1. The number of carbonyl (C=O) groups excluding carboxylic acids is 1. The zero-order valence-electron chi connectivity index (χ0n) is 11.4. The van der Waals surface area contributed by atoms with E-state index in [1.165, 1.54) is 0 Å². The van der Waals surface area contributed by atoms with Crippen LogP contribution in [0.15, 0.2) is 30.6 Å². The summed E-state index contributed by atoms with van der Waals surface area (Å²) < 4.78 is 0. The molecule has 1 heterocycles. The van der Waals surface area contributed by atoms with Crippen LogP contribution in [0.4, 0.5) is 5.69 Å². The van der Waals surface area contributed by atoms with Crippen LogP contribution in [0.25, 0.3) is 0 Å². The monoisotopic (exact) mass is 258 g/mol.